The molecule has 7 heteroatoms. The fourth-order valence-corrected chi connectivity index (χ4v) is 5.08. The first-order valence-electron chi connectivity index (χ1n) is 12.5. The molecule has 0 radical (unpaired) electrons. The summed E-state index contributed by atoms with van der Waals surface area (Å²) in [6, 6.07) is 25.4. The Kier molecular flexibility index (Phi) is 6.71. The highest BCUT2D eigenvalue weighted by Gasteiger charge is 2.54. The van der Waals surface area contributed by atoms with Gasteiger partial charge in [-0.1, -0.05) is 73.5 Å². The lowest BCUT2D eigenvalue weighted by Crippen LogP contribution is -2.45. The van der Waals surface area contributed by atoms with Crippen LogP contribution < -0.4 is 15.5 Å². The molecule has 2 heterocycles. The molecule has 7 nitrogen and oxygen atoms in total. The van der Waals surface area contributed by atoms with Crippen LogP contribution in [0.15, 0.2) is 84.9 Å². The van der Waals surface area contributed by atoms with Crippen molar-refractivity contribution >= 4 is 29.2 Å². The summed E-state index contributed by atoms with van der Waals surface area (Å²) in [4.78, 5) is 43.0. The predicted molar refractivity (Wildman–Crippen MR) is 140 cm³/mol. The van der Waals surface area contributed by atoms with E-state index in [0.29, 0.717) is 16.8 Å². The maximum Gasteiger partial charge on any atom is 0.326 e. The molecule has 0 atom stereocenters. The van der Waals surface area contributed by atoms with Crippen LogP contribution in [-0.2, 0) is 15.1 Å². The van der Waals surface area contributed by atoms with Gasteiger partial charge in [-0.2, -0.15) is 0 Å². The molecule has 4 amide bonds. The van der Waals surface area contributed by atoms with Crippen LogP contribution in [0.1, 0.15) is 36.8 Å². The Balaban J connectivity index is 1.31. The number of urea groups is 1. The largest absolute Gasteiger partial charge is 0.372 e. The van der Waals surface area contributed by atoms with Crippen molar-refractivity contribution in [3.05, 3.63) is 96.1 Å². The zero-order valence-electron chi connectivity index (χ0n) is 20.2. The van der Waals surface area contributed by atoms with Gasteiger partial charge in [-0.3, -0.25) is 14.5 Å². The average Bonchev–Trinajstić information content (AvgIpc) is 3.08. The summed E-state index contributed by atoms with van der Waals surface area (Å²) in [5.74, 6) is -0.908. The fraction of sp³-hybridized carbons (Fsp3) is 0.276. The fourth-order valence-electron chi connectivity index (χ4n) is 5.08. The van der Waals surface area contributed by atoms with Gasteiger partial charge in [-0.25, -0.2) is 4.79 Å². The van der Waals surface area contributed by atoms with Gasteiger partial charge in [0.25, 0.3) is 5.91 Å². The quantitative estimate of drug-likeness (QED) is 0.507. The molecule has 2 aliphatic rings. The Morgan fingerprint density at radius 3 is 1.89 bits per heavy atom. The van der Waals surface area contributed by atoms with Gasteiger partial charge in [0.05, 0.1) is 0 Å². The van der Waals surface area contributed by atoms with E-state index in [0.717, 1.165) is 23.7 Å². The number of rotatable bonds is 6. The highest BCUT2D eigenvalue weighted by molar-refractivity contribution is 6.12. The van der Waals surface area contributed by atoms with Crippen LogP contribution in [0.5, 0.6) is 0 Å². The molecular weight excluding hydrogens is 452 g/mol. The van der Waals surface area contributed by atoms with Gasteiger partial charge in [0, 0.05) is 24.5 Å². The van der Waals surface area contributed by atoms with Crippen LogP contribution in [0.4, 0.5) is 16.2 Å². The summed E-state index contributed by atoms with van der Waals surface area (Å²) in [6.07, 6.45) is 4.92. The Morgan fingerprint density at radius 2 is 1.33 bits per heavy atom. The van der Waals surface area contributed by atoms with E-state index in [1.807, 2.05) is 60.7 Å². The molecule has 0 aliphatic carbocycles. The molecule has 3 aromatic rings. The van der Waals surface area contributed by atoms with Gasteiger partial charge in [-0.15, -0.1) is 0 Å². The Labute approximate surface area is 211 Å². The second-order valence-corrected chi connectivity index (χ2v) is 9.30. The molecule has 36 heavy (non-hydrogen) atoms. The molecule has 2 N–H and O–H groups in total. The first-order chi connectivity index (χ1) is 17.6. The second-order valence-electron chi connectivity index (χ2n) is 9.30. The first-order valence-corrected chi connectivity index (χ1v) is 12.5. The van der Waals surface area contributed by atoms with Gasteiger partial charge in [0.1, 0.15) is 6.54 Å². The molecule has 0 unspecified atom stereocenters. The minimum atomic E-state index is -1.38. The number of benzene rings is 3. The smallest absolute Gasteiger partial charge is 0.326 e. The van der Waals surface area contributed by atoms with Crippen molar-refractivity contribution in [2.24, 2.45) is 0 Å². The third kappa shape index (κ3) is 4.56. The lowest BCUT2D eigenvalue weighted by atomic mass is 9.82. The molecule has 2 aliphatic heterocycles. The topological polar surface area (TPSA) is 81.8 Å². The minimum absolute atomic E-state index is 0.375. The van der Waals surface area contributed by atoms with Crippen molar-refractivity contribution in [1.82, 2.24) is 10.2 Å². The number of hydrogen-bond acceptors (Lipinski definition) is 4. The lowest BCUT2D eigenvalue weighted by Gasteiger charge is -2.28. The summed E-state index contributed by atoms with van der Waals surface area (Å²) in [5, 5.41) is 5.70. The van der Waals surface area contributed by atoms with Gasteiger partial charge < -0.3 is 15.5 Å². The normalized spacial score (nSPS) is 17.4. The lowest BCUT2D eigenvalue weighted by molar-refractivity contribution is -0.133. The second kappa shape index (κ2) is 10.2. The Morgan fingerprint density at radius 1 is 0.778 bits per heavy atom. The first kappa shape index (κ1) is 23.6. The molecule has 0 aromatic heterocycles. The van der Waals surface area contributed by atoms with E-state index in [1.165, 1.54) is 25.7 Å². The number of hydrogen-bond donors (Lipinski definition) is 2. The molecule has 2 saturated heterocycles. The van der Waals surface area contributed by atoms with E-state index in [4.69, 9.17) is 0 Å². The van der Waals surface area contributed by atoms with Crippen molar-refractivity contribution in [2.45, 2.75) is 31.2 Å². The highest BCUT2D eigenvalue weighted by Crippen LogP contribution is 2.36. The average molecular weight is 483 g/mol. The van der Waals surface area contributed by atoms with E-state index in [2.05, 4.69) is 15.5 Å². The number of carbonyl (C=O) groups excluding carboxylic acids is 3. The summed E-state index contributed by atoms with van der Waals surface area (Å²) >= 11 is 0. The van der Waals surface area contributed by atoms with E-state index in [1.54, 1.807) is 24.3 Å². The third-order valence-electron chi connectivity index (χ3n) is 6.94. The van der Waals surface area contributed by atoms with Crippen LogP contribution in [0.25, 0.3) is 0 Å². The molecular formula is C29H30N4O3. The number of anilines is 2. The summed E-state index contributed by atoms with van der Waals surface area (Å²) in [7, 11) is 0. The molecule has 184 valence electrons. The Bertz CT molecular complexity index is 1180. The van der Waals surface area contributed by atoms with Gasteiger partial charge >= 0.3 is 6.03 Å². The molecule has 0 saturated carbocycles. The van der Waals surface area contributed by atoms with Crippen LogP contribution in [0.2, 0.25) is 0 Å². The predicted octanol–water partition coefficient (Wildman–Crippen LogP) is 4.50. The van der Waals surface area contributed by atoms with Crippen molar-refractivity contribution in [1.29, 1.82) is 0 Å². The van der Waals surface area contributed by atoms with E-state index < -0.39 is 23.4 Å². The third-order valence-corrected chi connectivity index (χ3v) is 6.94. The van der Waals surface area contributed by atoms with Crippen LogP contribution >= 0.6 is 0 Å². The molecule has 0 bridgehead atoms. The number of nitrogens with zero attached hydrogens (tertiary/aromatic N) is 2. The monoisotopic (exact) mass is 482 g/mol. The minimum Gasteiger partial charge on any atom is -0.372 e. The summed E-state index contributed by atoms with van der Waals surface area (Å²) in [5.41, 5.74) is 1.67. The van der Waals surface area contributed by atoms with Crippen LogP contribution in [0.3, 0.4) is 0 Å². The van der Waals surface area contributed by atoms with E-state index in [-0.39, 0.29) is 6.54 Å². The highest BCUT2D eigenvalue weighted by atomic mass is 16.2. The number of amides is 4. The van der Waals surface area contributed by atoms with Crippen molar-refractivity contribution in [3.63, 3.8) is 0 Å². The zero-order chi connectivity index (χ0) is 25.0. The molecule has 0 spiro atoms. The van der Waals surface area contributed by atoms with Gasteiger partial charge in [0.15, 0.2) is 5.54 Å². The summed E-state index contributed by atoms with van der Waals surface area (Å²) < 4.78 is 0. The van der Waals surface area contributed by atoms with Crippen molar-refractivity contribution in [3.8, 4) is 0 Å². The van der Waals surface area contributed by atoms with Crippen molar-refractivity contribution in [2.75, 3.05) is 29.9 Å². The SMILES string of the molecule is O=C(CN1C(=O)NC(c2ccccc2)(c2ccccc2)C1=O)Nc1ccc(N2CCCCCC2)cc1. The maximum atomic E-state index is 13.7. The number of carbonyl (C=O) groups is 3. The van der Waals surface area contributed by atoms with Gasteiger partial charge in [-0.05, 0) is 48.2 Å². The van der Waals surface area contributed by atoms with E-state index >= 15 is 0 Å². The standard InChI is InChI=1S/C29H30N4O3/c34-26(30-24-15-17-25(18-16-24)32-19-9-1-2-10-20-32)21-33-27(35)29(31-28(33)36,22-11-5-3-6-12-22)23-13-7-4-8-14-23/h3-8,11-18H,1-2,9-10,19-21H2,(H,30,34)(H,31,36). The summed E-state index contributed by atoms with van der Waals surface area (Å²) in [6.45, 7) is 1.71. The molecule has 5 rings (SSSR count). The number of nitrogens with one attached hydrogen (secondary N) is 2. The van der Waals surface area contributed by atoms with Gasteiger partial charge in [0.2, 0.25) is 5.91 Å². The van der Waals surface area contributed by atoms with E-state index in [9.17, 15) is 14.4 Å². The Hall–Kier alpha value is -4.13. The molecule has 2 fully saturated rings. The van der Waals surface area contributed by atoms with Crippen LogP contribution in [-0.4, -0.2) is 42.4 Å². The van der Waals surface area contributed by atoms with Crippen molar-refractivity contribution < 1.29 is 14.4 Å². The zero-order valence-corrected chi connectivity index (χ0v) is 20.2. The molecule has 3 aromatic carbocycles. The maximum absolute atomic E-state index is 13.7. The van der Waals surface area contributed by atoms with Crippen LogP contribution in [0, 0.1) is 0 Å². The number of imide groups is 1.